The summed E-state index contributed by atoms with van der Waals surface area (Å²) in [7, 11) is 0. The smallest absolute Gasteiger partial charge is 0.329 e. The van der Waals surface area contributed by atoms with Crippen LogP contribution in [0.4, 0.5) is 0 Å². The van der Waals surface area contributed by atoms with Crippen molar-refractivity contribution in [1.82, 2.24) is 5.23 Å². The lowest BCUT2D eigenvalue weighted by atomic mass is 10.1. The maximum atomic E-state index is 12.3. The number of rotatable bonds is 34. The molecule has 0 aromatic rings. The van der Waals surface area contributed by atoms with Crippen LogP contribution in [0.1, 0.15) is 207 Å². The Bertz CT molecular complexity index is 621. The predicted octanol–water partition coefficient (Wildman–Crippen LogP) is 12.7. The van der Waals surface area contributed by atoms with Crippen LogP contribution in [0.2, 0.25) is 0 Å². The molecular weight excluding hydrogens is 546 g/mol. The third-order valence-electron chi connectivity index (χ3n) is 8.10. The SMILES string of the molecule is CCCCCCCCC=CCCCCCCCC(=O)ON(CCC)OC(=O)CCCCCCCC=CCCCCCCCC. The summed E-state index contributed by atoms with van der Waals surface area (Å²) in [5, 5.41) is 1.10. The highest BCUT2D eigenvalue weighted by molar-refractivity contribution is 5.70. The quantitative estimate of drug-likeness (QED) is 0.0407. The van der Waals surface area contributed by atoms with E-state index < -0.39 is 0 Å². The van der Waals surface area contributed by atoms with Gasteiger partial charge in [0.25, 0.3) is 0 Å². The zero-order valence-corrected chi connectivity index (χ0v) is 29.6. The molecule has 0 heterocycles. The van der Waals surface area contributed by atoms with Crippen LogP contribution >= 0.6 is 0 Å². The molecule has 0 unspecified atom stereocenters. The van der Waals surface area contributed by atoms with E-state index in [-0.39, 0.29) is 11.9 Å². The topological polar surface area (TPSA) is 55.8 Å². The second-order valence-corrected chi connectivity index (χ2v) is 12.7. The largest absolute Gasteiger partial charge is 0.333 e. The first kappa shape index (κ1) is 42.4. The van der Waals surface area contributed by atoms with Gasteiger partial charge in [0, 0.05) is 18.1 Å². The lowest BCUT2D eigenvalue weighted by Crippen LogP contribution is -2.31. The average Bonchev–Trinajstić information content (AvgIpc) is 3.01. The maximum absolute atomic E-state index is 12.3. The van der Waals surface area contributed by atoms with E-state index in [0.717, 1.165) is 63.0 Å². The zero-order valence-electron chi connectivity index (χ0n) is 29.6. The summed E-state index contributed by atoms with van der Waals surface area (Å²) in [5.41, 5.74) is 0. The summed E-state index contributed by atoms with van der Waals surface area (Å²) in [5.74, 6) is -0.630. The van der Waals surface area contributed by atoms with Crippen LogP contribution < -0.4 is 0 Å². The number of nitrogens with zero attached hydrogens (tertiary/aromatic N) is 1. The second kappa shape index (κ2) is 35.9. The molecule has 0 saturated heterocycles. The van der Waals surface area contributed by atoms with Crippen LogP contribution in [0.25, 0.3) is 0 Å². The molecule has 0 fully saturated rings. The van der Waals surface area contributed by atoms with E-state index in [1.165, 1.54) is 116 Å². The zero-order chi connectivity index (χ0) is 32.2. The van der Waals surface area contributed by atoms with Gasteiger partial charge in [-0.2, -0.15) is 0 Å². The van der Waals surface area contributed by atoms with E-state index in [2.05, 4.69) is 38.2 Å². The van der Waals surface area contributed by atoms with Crippen LogP contribution in [-0.4, -0.2) is 23.7 Å². The van der Waals surface area contributed by atoms with E-state index in [9.17, 15) is 9.59 Å². The summed E-state index contributed by atoms with van der Waals surface area (Å²) < 4.78 is 0. The Labute approximate surface area is 273 Å². The van der Waals surface area contributed by atoms with Gasteiger partial charge in [0.1, 0.15) is 0 Å². The van der Waals surface area contributed by atoms with Gasteiger partial charge in [-0.25, -0.2) is 0 Å². The Hall–Kier alpha value is -1.62. The molecule has 5 nitrogen and oxygen atoms in total. The lowest BCUT2D eigenvalue weighted by molar-refractivity contribution is -0.325. The third-order valence-corrected chi connectivity index (χ3v) is 8.10. The fourth-order valence-electron chi connectivity index (χ4n) is 5.29. The van der Waals surface area contributed by atoms with Gasteiger partial charge in [-0.05, 0) is 70.6 Å². The maximum Gasteiger partial charge on any atom is 0.329 e. The van der Waals surface area contributed by atoms with Crippen molar-refractivity contribution in [3.8, 4) is 0 Å². The third kappa shape index (κ3) is 33.3. The fraction of sp³-hybridized carbons (Fsp3) is 0.846. The monoisotopic (exact) mass is 620 g/mol. The molecule has 0 aliphatic rings. The number of carbonyl (C=O) groups is 2. The van der Waals surface area contributed by atoms with E-state index in [0.29, 0.717) is 19.4 Å². The Morgan fingerprint density at radius 1 is 0.409 bits per heavy atom. The molecule has 44 heavy (non-hydrogen) atoms. The molecule has 0 atom stereocenters. The number of hydrogen-bond donors (Lipinski definition) is 0. The van der Waals surface area contributed by atoms with Gasteiger partial charge in [0.2, 0.25) is 0 Å². The Morgan fingerprint density at radius 3 is 1.02 bits per heavy atom. The number of carbonyl (C=O) groups excluding carboxylic acids is 2. The highest BCUT2D eigenvalue weighted by Crippen LogP contribution is 2.13. The first-order valence-corrected chi connectivity index (χ1v) is 19.1. The number of hydroxylamine groups is 2. The Kier molecular flexibility index (Phi) is 34.5. The molecule has 0 spiro atoms. The van der Waals surface area contributed by atoms with Crippen LogP contribution in [0, 0.1) is 0 Å². The molecule has 0 amide bonds. The average molecular weight is 620 g/mol. The molecule has 0 aliphatic heterocycles. The molecule has 0 saturated carbocycles. The Morgan fingerprint density at radius 2 is 0.705 bits per heavy atom. The summed E-state index contributed by atoms with van der Waals surface area (Å²) in [4.78, 5) is 35.3. The first-order chi connectivity index (χ1) is 21.6. The molecule has 0 aromatic carbocycles. The highest BCUT2D eigenvalue weighted by atomic mass is 17.0. The standard InChI is InChI=1S/C39H73NO4/c1-4-7-9-11-13-15-17-19-21-23-25-27-29-31-33-35-38(41)43-40(37-6-3)44-39(42)36-34-32-30-28-26-24-22-20-18-16-14-12-10-8-5-2/h19-22H,4-18,23-37H2,1-3H3. The molecule has 0 aromatic heterocycles. The van der Waals surface area contributed by atoms with E-state index in [1.54, 1.807) is 0 Å². The van der Waals surface area contributed by atoms with Crippen molar-refractivity contribution >= 4 is 11.9 Å². The summed E-state index contributed by atoms with van der Waals surface area (Å²) in [6, 6.07) is 0. The molecule has 0 aliphatic carbocycles. The lowest BCUT2D eigenvalue weighted by Gasteiger charge is -2.19. The fourth-order valence-corrected chi connectivity index (χ4v) is 5.29. The molecule has 258 valence electrons. The van der Waals surface area contributed by atoms with Crippen molar-refractivity contribution in [2.45, 2.75) is 207 Å². The minimum Gasteiger partial charge on any atom is -0.333 e. The first-order valence-electron chi connectivity index (χ1n) is 19.1. The summed E-state index contributed by atoms with van der Waals surface area (Å²) >= 11 is 0. The van der Waals surface area contributed by atoms with Crippen LogP contribution in [0.3, 0.4) is 0 Å². The van der Waals surface area contributed by atoms with Gasteiger partial charge < -0.3 is 9.68 Å². The number of unbranched alkanes of at least 4 members (excludes halogenated alkanes) is 22. The normalized spacial score (nSPS) is 11.7. The predicted molar refractivity (Wildman–Crippen MR) is 188 cm³/mol. The van der Waals surface area contributed by atoms with Gasteiger partial charge in [0.15, 0.2) is 0 Å². The van der Waals surface area contributed by atoms with Crippen molar-refractivity contribution < 1.29 is 19.3 Å². The van der Waals surface area contributed by atoms with Gasteiger partial charge in [0.05, 0.1) is 6.54 Å². The summed E-state index contributed by atoms with van der Waals surface area (Å²) in [6.45, 7) is 6.90. The molecule has 0 bridgehead atoms. The van der Waals surface area contributed by atoms with E-state index in [1.807, 2.05) is 6.92 Å². The van der Waals surface area contributed by atoms with E-state index in [4.69, 9.17) is 9.68 Å². The van der Waals surface area contributed by atoms with Gasteiger partial charge in [-0.15, -0.1) is 0 Å². The van der Waals surface area contributed by atoms with Crippen LogP contribution in [0.5, 0.6) is 0 Å². The second-order valence-electron chi connectivity index (χ2n) is 12.7. The molecule has 0 rings (SSSR count). The van der Waals surface area contributed by atoms with E-state index >= 15 is 0 Å². The highest BCUT2D eigenvalue weighted by Gasteiger charge is 2.16. The number of hydrogen-bond acceptors (Lipinski definition) is 5. The molecule has 0 radical (unpaired) electrons. The van der Waals surface area contributed by atoms with Crippen molar-refractivity contribution in [2.75, 3.05) is 6.54 Å². The molecule has 5 heteroatoms. The van der Waals surface area contributed by atoms with Crippen molar-refractivity contribution in [3.05, 3.63) is 24.3 Å². The molecular formula is C39H73NO4. The van der Waals surface area contributed by atoms with Gasteiger partial charge in [-0.3, -0.25) is 9.59 Å². The minimum absolute atomic E-state index is 0.315. The minimum atomic E-state index is -0.315. The summed E-state index contributed by atoms with van der Waals surface area (Å²) in [6.07, 6.45) is 42.7. The van der Waals surface area contributed by atoms with Crippen molar-refractivity contribution in [3.63, 3.8) is 0 Å². The van der Waals surface area contributed by atoms with Crippen LogP contribution in [-0.2, 0) is 19.3 Å². The van der Waals surface area contributed by atoms with Gasteiger partial charge >= 0.3 is 11.9 Å². The van der Waals surface area contributed by atoms with Crippen LogP contribution in [0.15, 0.2) is 24.3 Å². The van der Waals surface area contributed by atoms with Crippen molar-refractivity contribution in [1.29, 1.82) is 0 Å². The van der Waals surface area contributed by atoms with Crippen molar-refractivity contribution in [2.24, 2.45) is 0 Å². The Balaban J connectivity index is 3.70. The van der Waals surface area contributed by atoms with Gasteiger partial charge in [-0.1, -0.05) is 148 Å². The number of allylic oxidation sites excluding steroid dienone is 4. The molecule has 0 N–H and O–H groups in total.